The Labute approximate surface area is 160 Å². The first-order chi connectivity index (χ1) is 12.1. The Hall–Kier alpha value is -2.24. The lowest BCUT2D eigenvalue weighted by molar-refractivity contribution is -0.134. The Morgan fingerprint density at radius 2 is 1.96 bits per heavy atom. The Morgan fingerprint density at radius 1 is 1.19 bits per heavy atom. The van der Waals surface area contributed by atoms with E-state index in [1.807, 2.05) is 48.2 Å². The van der Waals surface area contributed by atoms with E-state index in [2.05, 4.69) is 10.3 Å². The third kappa shape index (κ3) is 4.90. The number of hydrogen-bond donors (Lipinski definition) is 1. The number of pyridine rings is 1. The molecule has 1 fully saturated rings. The second kappa shape index (κ2) is 9.46. The molecule has 1 aliphatic rings. The molecular formula is C20H24ClN3O2. The number of rotatable bonds is 5. The van der Waals surface area contributed by atoms with Crippen LogP contribution in [0.5, 0.6) is 0 Å². The second-order valence-corrected chi connectivity index (χ2v) is 6.38. The van der Waals surface area contributed by atoms with Crippen molar-refractivity contribution in [1.29, 1.82) is 0 Å². The molecule has 1 unspecified atom stereocenters. The van der Waals surface area contributed by atoms with E-state index in [1.54, 1.807) is 12.4 Å². The average molecular weight is 374 g/mol. The van der Waals surface area contributed by atoms with E-state index in [0.717, 1.165) is 17.7 Å². The van der Waals surface area contributed by atoms with Gasteiger partial charge in [-0.05, 0) is 18.6 Å². The minimum absolute atomic E-state index is 0. The fraction of sp³-hybridized carbons (Fsp3) is 0.350. The summed E-state index contributed by atoms with van der Waals surface area (Å²) in [6, 6.07) is 11.3. The number of Topliss-reactive ketones (excluding diaryl/α,β-unsaturated/α-hetero) is 1. The number of aromatic nitrogens is 1. The van der Waals surface area contributed by atoms with Crippen LogP contribution < -0.4 is 5.32 Å². The monoisotopic (exact) mass is 373 g/mol. The molecule has 5 nitrogen and oxygen atoms in total. The molecule has 2 aromatic rings. The molecule has 2 heterocycles. The molecule has 138 valence electrons. The number of nitrogens with one attached hydrogen (secondary N) is 1. The van der Waals surface area contributed by atoms with Crippen LogP contribution in [0.1, 0.15) is 40.4 Å². The van der Waals surface area contributed by atoms with Gasteiger partial charge >= 0.3 is 0 Å². The van der Waals surface area contributed by atoms with Gasteiger partial charge in [-0.3, -0.25) is 14.6 Å². The van der Waals surface area contributed by atoms with Gasteiger partial charge in [0.2, 0.25) is 5.91 Å². The molecule has 0 bridgehead atoms. The number of hydrogen-bond acceptors (Lipinski definition) is 4. The molecule has 1 aliphatic heterocycles. The number of carbonyl (C=O) groups excluding carboxylic acids is 2. The van der Waals surface area contributed by atoms with Gasteiger partial charge in [-0.2, -0.15) is 0 Å². The predicted octanol–water partition coefficient (Wildman–Crippen LogP) is 2.95. The quantitative estimate of drug-likeness (QED) is 0.818. The summed E-state index contributed by atoms with van der Waals surface area (Å²) in [7, 11) is 0. The number of amides is 1. The van der Waals surface area contributed by atoms with Crippen molar-refractivity contribution < 1.29 is 9.59 Å². The van der Waals surface area contributed by atoms with E-state index in [1.165, 1.54) is 0 Å². The fourth-order valence-corrected chi connectivity index (χ4v) is 3.12. The molecule has 1 aromatic carbocycles. The summed E-state index contributed by atoms with van der Waals surface area (Å²) >= 11 is 0. The lowest BCUT2D eigenvalue weighted by atomic mass is 10.0. The highest BCUT2D eigenvalue weighted by Gasteiger charge is 2.28. The standard InChI is InChI=1S/C20H23N3O2.ClH/c1-15-4-6-16(7-5-15)19(24)8-9-20(25)23-12-11-22-14-18(23)17-3-2-10-21-13-17;/h2-7,10,13,18,22H,8-9,11-12,14H2,1H3;1H. The van der Waals surface area contributed by atoms with Gasteiger partial charge in [0.05, 0.1) is 6.04 Å². The predicted molar refractivity (Wildman–Crippen MR) is 104 cm³/mol. The summed E-state index contributed by atoms with van der Waals surface area (Å²) in [4.78, 5) is 31.0. The first kappa shape index (κ1) is 20.1. The minimum atomic E-state index is -0.0237. The van der Waals surface area contributed by atoms with Crippen LogP contribution in [-0.2, 0) is 4.79 Å². The molecule has 0 aliphatic carbocycles. The van der Waals surface area contributed by atoms with Crippen molar-refractivity contribution in [2.24, 2.45) is 0 Å². The lowest BCUT2D eigenvalue weighted by Crippen LogP contribution is -2.48. The van der Waals surface area contributed by atoms with E-state index in [4.69, 9.17) is 0 Å². The molecule has 6 heteroatoms. The van der Waals surface area contributed by atoms with Gasteiger partial charge in [0.25, 0.3) is 0 Å². The first-order valence-corrected chi connectivity index (χ1v) is 8.65. The van der Waals surface area contributed by atoms with Gasteiger partial charge < -0.3 is 10.2 Å². The maximum atomic E-state index is 12.7. The molecule has 1 saturated heterocycles. The number of carbonyl (C=O) groups is 2. The normalized spacial score (nSPS) is 16.7. The highest BCUT2D eigenvalue weighted by Crippen LogP contribution is 2.22. The summed E-state index contributed by atoms with van der Waals surface area (Å²) in [6.07, 6.45) is 4.01. The van der Waals surface area contributed by atoms with Crippen molar-refractivity contribution in [3.63, 3.8) is 0 Å². The van der Waals surface area contributed by atoms with Gasteiger partial charge in [0.15, 0.2) is 5.78 Å². The molecule has 0 spiro atoms. The molecule has 26 heavy (non-hydrogen) atoms. The molecular weight excluding hydrogens is 350 g/mol. The molecule has 0 radical (unpaired) electrons. The molecule has 1 amide bonds. The third-order valence-corrected chi connectivity index (χ3v) is 4.57. The Kier molecular flexibility index (Phi) is 7.30. The summed E-state index contributed by atoms with van der Waals surface area (Å²) in [5.74, 6) is 0.0391. The second-order valence-electron chi connectivity index (χ2n) is 6.38. The van der Waals surface area contributed by atoms with Crippen molar-refractivity contribution in [2.75, 3.05) is 19.6 Å². The van der Waals surface area contributed by atoms with Crippen LogP contribution in [0.4, 0.5) is 0 Å². The number of halogens is 1. The van der Waals surface area contributed by atoms with Gasteiger partial charge in [-0.1, -0.05) is 35.9 Å². The summed E-state index contributed by atoms with van der Waals surface area (Å²) in [6.45, 7) is 4.12. The van der Waals surface area contributed by atoms with Crippen LogP contribution in [-0.4, -0.2) is 41.2 Å². The zero-order valence-corrected chi connectivity index (χ0v) is 15.7. The Bertz CT molecular complexity index is 734. The Morgan fingerprint density at radius 3 is 2.65 bits per heavy atom. The number of aryl methyl sites for hydroxylation is 1. The molecule has 1 aromatic heterocycles. The Balaban J connectivity index is 0.00000243. The first-order valence-electron chi connectivity index (χ1n) is 8.65. The summed E-state index contributed by atoms with van der Waals surface area (Å²) in [5, 5.41) is 3.33. The van der Waals surface area contributed by atoms with Crippen LogP contribution in [0.15, 0.2) is 48.8 Å². The summed E-state index contributed by atoms with van der Waals surface area (Å²) in [5.41, 5.74) is 2.81. The average Bonchev–Trinajstić information content (AvgIpc) is 2.67. The van der Waals surface area contributed by atoms with Crippen molar-refractivity contribution >= 4 is 24.1 Å². The van der Waals surface area contributed by atoms with Gasteiger partial charge in [0.1, 0.15) is 0 Å². The maximum Gasteiger partial charge on any atom is 0.223 e. The third-order valence-electron chi connectivity index (χ3n) is 4.57. The highest BCUT2D eigenvalue weighted by molar-refractivity contribution is 5.98. The van der Waals surface area contributed by atoms with Gasteiger partial charge in [-0.25, -0.2) is 0 Å². The maximum absolute atomic E-state index is 12.7. The molecule has 0 saturated carbocycles. The topological polar surface area (TPSA) is 62.3 Å². The van der Waals surface area contributed by atoms with Crippen LogP contribution in [0.3, 0.4) is 0 Å². The smallest absolute Gasteiger partial charge is 0.223 e. The van der Waals surface area contributed by atoms with Crippen LogP contribution in [0.2, 0.25) is 0 Å². The van der Waals surface area contributed by atoms with Gasteiger partial charge in [0, 0.05) is 50.4 Å². The lowest BCUT2D eigenvalue weighted by Gasteiger charge is -2.36. The zero-order chi connectivity index (χ0) is 17.6. The van der Waals surface area contributed by atoms with Crippen LogP contribution in [0.25, 0.3) is 0 Å². The van der Waals surface area contributed by atoms with Gasteiger partial charge in [-0.15, -0.1) is 12.4 Å². The largest absolute Gasteiger partial charge is 0.333 e. The van der Waals surface area contributed by atoms with Crippen molar-refractivity contribution in [1.82, 2.24) is 15.2 Å². The van der Waals surface area contributed by atoms with Crippen LogP contribution in [0, 0.1) is 6.92 Å². The fourth-order valence-electron chi connectivity index (χ4n) is 3.12. The molecule has 3 rings (SSSR count). The highest BCUT2D eigenvalue weighted by atomic mass is 35.5. The number of piperazine rings is 1. The number of benzene rings is 1. The van der Waals surface area contributed by atoms with Crippen LogP contribution >= 0.6 is 12.4 Å². The van der Waals surface area contributed by atoms with Crippen molar-refractivity contribution in [3.05, 3.63) is 65.5 Å². The van der Waals surface area contributed by atoms with Crippen molar-refractivity contribution in [2.45, 2.75) is 25.8 Å². The minimum Gasteiger partial charge on any atom is -0.333 e. The van der Waals surface area contributed by atoms with Crippen molar-refractivity contribution in [3.8, 4) is 0 Å². The number of ketones is 1. The summed E-state index contributed by atoms with van der Waals surface area (Å²) < 4.78 is 0. The van der Waals surface area contributed by atoms with E-state index >= 15 is 0 Å². The molecule has 1 atom stereocenters. The zero-order valence-electron chi connectivity index (χ0n) is 14.9. The van der Waals surface area contributed by atoms with E-state index in [-0.39, 0.29) is 43.0 Å². The number of nitrogens with zero attached hydrogens (tertiary/aromatic N) is 2. The SMILES string of the molecule is Cc1ccc(C(=O)CCC(=O)N2CCNCC2c2cccnc2)cc1.Cl. The molecule has 1 N–H and O–H groups in total. The van der Waals surface area contributed by atoms with E-state index in [9.17, 15) is 9.59 Å². The van der Waals surface area contributed by atoms with E-state index < -0.39 is 0 Å². The van der Waals surface area contributed by atoms with E-state index in [0.29, 0.717) is 18.7 Å².